The summed E-state index contributed by atoms with van der Waals surface area (Å²) in [5.41, 5.74) is 0.417. The molecule has 0 radical (unpaired) electrons. The van der Waals surface area contributed by atoms with E-state index in [1.165, 1.54) is 42.7 Å². The summed E-state index contributed by atoms with van der Waals surface area (Å²) in [7, 11) is -2.38. The van der Waals surface area contributed by atoms with Crippen LogP contribution in [-0.4, -0.2) is 73.2 Å². The van der Waals surface area contributed by atoms with Gasteiger partial charge in [0.1, 0.15) is 30.7 Å². The van der Waals surface area contributed by atoms with Crippen LogP contribution >= 0.6 is 0 Å². The van der Waals surface area contributed by atoms with Crippen molar-refractivity contribution in [1.29, 1.82) is 0 Å². The third-order valence-corrected chi connectivity index (χ3v) is 9.92. The largest absolute Gasteiger partial charge is 0.402 e. The highest BCUT2D eigenvalue weighted by molar-refractivity contribution is 7.98. The monoisotopic (exact) mass is 632 g/mol. The maximum Gasteiger partial charge on any atom is 0.402 e. The van der Waals surface area contributed by atoms with Gasteiger partial charge in [-0.2, -0.15) is 17.6 Å². The molecule has 230 valence electrons. The molecular formula is C28H25F5N8O2S. The predicted octanol–water partition coefficient (Wildman–Crippen LogP) is 3.99. The zero-order chi connectivity index (χ0) is 31.4. The van der Waals surface area contributed by atoms with Gasteiger partial charge in [-0.15, -0.1) is 5.10 Å². The minimum atomic E-state index is -4.77. The molecule has 0 aliphatic heterocycles. The Labute approximate surface area is 248 Å². The van der Waals surface area contributed by atoms with Gasteiger partial charge in [0.25, 0.3) is 0 Å². The summed E-state index contributed by atoms with van der Waals surface area (Å²) in [6.45, 7) is -1.59. The number of allylic oxidation sites excluding steroid dienone is 1. The number of alkyl halides is 3. The lowest BCUT2D eigenvalue weighted by atomic mass is 9.61. The minimum absolute atomic E-state index is 0.0522. The van der Waals surface area contributed by atoms with E-state index in [-0.39, 0.29) is 36.5 Å². The van der Waals surface area contributed by atoms with E-state index in [9.17, 15) is 31.0 Å². The van der Waals surface area contributed by atoms with Gasteiger partial charge in [0.05, 0.1) is 38.4 Å². The number of Topliss-reactive ketones (excluding diaryl/α,β-unsaturated/α-hetero) is 1. The third-order valence-electron chi connectivity index (χ3n) is 7.97. The molecule has 0 bridgehead atoms. The molecule has 16 heteroatoms. The molecular weight excluding hydrogens is 607 g/mol. The molecule has 3 atom stereocenters. The summed E-state index contributed by atoms with van der Waals surface area (Å²) < 4.78 is 87.3. The highest BCUT2D eigenvalue weighted by atomic mass is 32.2. The van der Waals surface area contributed by atoms with Gasteiger partial charge in [0.15, 0.2) is 5.78 Å². The number of hydrogen-bond donors (Lipinski definition) is 0. The van der Waals surface area contributed by atoms with Crippen molar-refractivity contribution in [1.82, 2.24) is 38.6 Å². The van der Waals surface area contributed by atoms with Crippen LogP contribution in [0.5, 0.6) is 0 Å². The molecule has 2 aliphatic carbocycles. The van der Waals surface area contributed by atoms with Crippen LogP contribution in [0, 0.1) is 17.2 Å². The lowest BCUT2D eigenvalue weighted by molar-refractivity contribution is -0.140. The van der Waals surface area contributed by atoms with Crippen LogP contribution < -0.4 is 0 Å². The van der Waals surface area contributed by atoms with Gasteiger partial charge in [-0.05, 0) is 49.4 Å². The Morgan fingerprint density at radius 1 is 1.16 bits per heavy atom. The number of rotatable bonds is 7. The number of hydrogen-bond acceptors (Lipinski definition) is 7. The van der Waals surface area contributed by atoms with E-state index < -0.39 is 51.4 Å². The Kier molecular flexibility index (Phi) is 7.23. The number of aryl methyl sites for hydroxylation is 1. The highest BCUT2D eigenvalue weighted by Gasteiger charge is 2.52. The highest BCUT2D eigenvalue weighted by Crippen LogP contribution is 2.51. The van der Waals surface area contributed by atoms with Crippen molar-refractivity contribution in [2.45, 2.75) is 43.1 Å². The molecule has 44 heavy (non-hydrogen) atoms. The number of pyridine rings is 2. The fourth-order valence-electron chi connectivity index (χ4n) is 6.00. The van der Waals surface area contributed by atoms with E-state index in [4.69, 9.17) is 0 Å². The Hall–Kier alpha value is -4.31. The molecule has 0 aromatic carbocycles. The standard InChI is InChI=1S/C28H25F5N8O2S/c1-39-15-37-26(38-39)44(2,43)41(14-28(31,32)33)19-4-3-17-9-23-22(36-16-40(23)20-5-6-24(30)35-13-20)12-27(17,11-19)25(42)21-10-18(29)7-8-34-21/h5-10,13,15-16,19H,2-4,11-12,14H2,1H3/t19-,27+,44?/m0/s1. The topological polar surface area (TPSA) is 112 Å². The maximum atomic E-state index is 14.3. The number of nitrogens with zero attached hydrogens (tertiary/aromatic N) is 8. The van der Waals surface area contributed by atoms with Crippen molar-refractivity contribution in [2.24, 2.45) is 12.5 Å². The molecule has 2 aliphatic rings. The molecule has 4 aromatic rings. The van der Waals surface area contributed by atoms with Crippen LogP contribution in [0.3, 0.4) is 0 Å². The first-order valence-corrected chi connectivity index (χ1v) is 15.1. The van der Waals surface area contributed by atoms with Crippen molar-refractivity contribution in [3.05, 3.63) is 83.7 Å². The zero-order valence-corrected chi connectivity index (χ0v) is 24.0. The lowest BCUT2D eigenvalue weighted by Crippen LogP contribution is -2.53. The van der Waals surface area contributed by atoms with E-state index in [0.29, 0.717) is 22.6 Å². The second-order valence-electron chi connectivity index (χ2n) is 10.8. The van der Waals surface area contributed by atoms with Gasteiger partial charge < -0.3 is 0 Å². The fraction of sp³-hybridized carbons (Fsp3) is 0.321. The summed E-state index contributed by atoms with van der Waals surface area (Å²) in [5.74, 6) is 1.66. The first kappa shape index (κ1) is 29.7. The van der Waals surface area contributed by atoms with Crippen molar-refractivity contribution in [3.63, 3.8) is 0 Å². The number of carbonyl (C=O) groups is 1. The second kappa shape index (κ2) is 10.7. The molecule has 4 heterocycles. The SMILES string of the molecule is C=S(=O)(c1ncn(C)n1)N(CC(F)(F)F)[C@H]1CCC2=Cc3c(ncn3-c3ccc(F)nc3)C[C@]2(C(=O)c2cc(F)ccn2)C1. The first-order chi connectivity index (χ1) is 20.8. The van der Waals surface area contributed by atoms with E-state index in [1.54, 1.807) is 10.6 Å². The van der Waals surface area contributed by atoms with Crippen molar-refractivity contribution in [3.8, 4) is 5.69 Å². The summed E-state index contributed by atoms with van der Waals surface area (Å²) in [6, 6.07) is 3.69. The van der Waals surface area contributed by atoms with Crippen LogP contribution in [0.15, 0.2) is 60.0 Å². The van der Waals surface area contributed by atoms with Gasteiger partial charge in [-0.1, -0.05) is 5.57 Å². The Morgan fingerprint density at radius 2 is 1.95 bits per heavy atom. The summed E-state index contributed by atoms with van der Waals surface area (Å²) in [4.78, 5) is 30.5. The normalized spacial score (nSPS) is 21.3. The minimum Gasteiger partial charge on any atom is -0.298 e. The molecule has 0 amide bonds. The van der Waals surface area contributed by atoms with Crippen molar-refractivity contribution in [2.75, 3.05) is 6.54 Å². The average Bonchev–Trinajstić information content (AvgIpc) is 3.60. The molecule has 6 rings (SSSR count). The van der Waals surface area contributed by atoms with E-state index in [1.807, 2.05) is 0 Å². The van der Waals surface area contributed by atoms with Crippen LogP contribution in [0.25, 0.3) is 11.8 Å². The van der Waals surface area contributed by atoms with Gasteiger partial charge in [0, 0.05) is 31.8 Å². The van der Waals surface area contributed by atoms with Crippen molar-refractivity contribution < 1.29 is 31.0 Å². The Balaban J connectivity index is 1.46. The molecule has 1 saturated carbocycles. The summed E-state index contributed by atoms with van der Waals surface area (Å²) in [6.07, 6.45) is 2.08. The third kappa shape index (κ3) is 5.32. The molecule has 1 unspecified atom stereocenters. The first-order valence-electron chi connectivity index (χ1n) is 13.4. The van der Waals surface area contributed by atoms with Gasteiger partial charge >= 0.3 is 6.18 Å². The number of aromatic nitrogens is 7. The van der Waals surface area contributed by atoms with Crippen LogP contribution in [-0.2, 0) is 23.2 Å². The molecule has 0 spiro atoms. The number of carbonyl (C=O) groups excluding carboxylic acids is 1. The van der Waals surface area contributed by atoms with Crippen LogP contribution in [0.1, 0.15) is 41.1 Å². The van der Waals surface area contributed by atoms with Gasteiger partial charge in [-0.3, -0.25) is 19.0 Å². The molecule has 0 saturated heterocycles. The summed E-state index contributed by atoms with van der Waals surface area (Å²) >= 11 is 0. The van der Waals surface area contributed by atoms with Gasteiger partial charge in [-0.25, -0.2) is 27.9 Å². The molecule has 0 N–H and O–H groups in total. The lowest BCUT2D eigenvalue weighted by Gasteiger charge is -2.46. The maximum absolute atomic E-state index is 14.3. The van der Waals surface area contributed by atoms with Crippen LogP contribution in [0.4, 0.5) is 22.0 Å². The van der Waals surface area contributed by atoms with Gasteiger partial charge in [0.2, 0.25) is 11.1 Å². The summed E-state index contributed by atoms with van der Waals surface area (Å²) in [5, 5.41) is 3.61. The number of imidazole rings is 1. The molecule has 1 fully saturated rings. The van der Waals surface area contributed by atoms with E-state index in [2.05, 4.69) is 30.9 Å². The zero-order valence-electron chi connectivity index (χ0n) is 23.2. The Morgan fingerprint density at radius 3 is 2.61 bits per heavy atom. The van der Waals surface area contributed by atoms with E-state index in [0.717, 1.165) is 22.6 Å². The number of fused-ring (bicyclic) bond motifs is 2. The van der Waals surface area contributed by atoms with Crippen molar-refractivity contribution >= 4 is 27.4 Å². The second-order valence-corrected chi connectivity index (χ2v) is 12.9. The number of halogens is 5. The Bertz CT molecular complexity index is 1880. The predicted molar refractivity (Wildman–Crippen MR) is 149 cm³/mol. The molecule has 10 nitrogen and oxygen atoms in total. The quantitative estimate of drug-likeness (QED) is 0.131. The average molecular weight is 633 g/mol. The number of ketones is 1. The smallest absolute Gasteiger partial charge is 0.298 e. The van der Waals surface area contributed by atoms with Crippen LogP contribution in [0.2, 0.25) is 0 Å². The fourth-order valence-corrected chi connectivity index (χ4v) is 7.70. The molecule has 4 aromatic heterocycles. The van der Waals surface area contributed by atoms with E-state index >= 15 is 0 Å².